The molecule has 0 aliphatic heterocycles. The molecule has 0 aromatic heterocycles. The summed E-state index contributed by atoms with van der Waals surface area (Å²) < 4.78 is 0. The van der Waals surface area contributed by atoms with Crippen LogP contribution in [0.3, 0.4) is 0 Å². The van der Waals surface area contributed by atoms with Crippen LogP contribution in [0.2, 0.25) is 5.02 Å². The van der Waals surface area contributed by atoms with Crippen LogP contribution < -0.4 is 10.6 Å². The minimum atomic E-state index is -0.204. The normalized spacial score (nSPS) is 13.0. The maximum absolute atomic E-state index is 12.5. The number of hydrogen-bond acceptors (Lipinski definition) is 2. The molecule has 136 valence electrons. The number of nitrogens with one attached hydrogen (secondary N) is 2. The summed E-state index contributed by atoms with van der Waals surface area (Å²) in [5, 5.41) is 5.97. The Kier molecular flexibility index (Phi) is 5.94. The first-order chi connectivity index (χ1) is 12.6. The topological polar surface area (TPSA) is 58.2 Å². The average molecular weight is 371 g/mol. The van der Waals surface area contributed by atoms with Crippen LogP contribution >= 0.6 is 11.6 Å². The number of anilines is 1. The van der Waals surface area contributed by atoms with Crippen LogP contribution in [-0.2, 0) is 12.8 Å². The lowest BCUT2D eigenvalue weighted by Crippen LogP contribution is -2.24. The fourth-order valence-electron chi connectivity index (χ4n) is 3.19. The molecule has 0 heterocycles. The fourth-order valence-corrected chi connectivity index (χ4v) is 3.46. The van der Waals surface area contributed by atoms with E-state index in [0.717, 1.165) is 19.3 Å². The highest BCUT2D eigenvalue weighted by atomic mass is 35.5. The molecule has 2 aromatic carbocycles. The first-order valence-electron chi connectivity index (χ1n) is 9.09. The molecule has 2 amide bonds. The van der Waals surface area contributed by atoms with Crippen LogP contribution in [0.1, 0.15) is 58.0 Å². The van der Waals surface area contributed by atoms with Crippen molar-refractivity contribution < 1.29 is 9.59 Å². The number of benzene rings is 2. The number of halogens is 1. The predicted molar refractivity (Wildman–Crippen MR) is 105 cm³/mol. The van der Waals surface area contributed by atoms with Crippen molar-refractivity contribution in [2.24, 2.45) is 0 Å². The molecule has 3 rings (SSSR count). The van der Waals surface area contributed by atoms with E-state index in [0.29, 0.717) is 28.4 Å². The van der Waals surface area contributed by atoms with Crippen LogP contribution in [0.4, 0.5) is 5.69 Å². The van der Waals surface area contributed by atoms with Crippen molar-refractivity contribution in [1.82, 2.24) is 5.32 Å². The van der Waals surface area contributed by atoms with Gasteiger partial charge >= 0.3 is 0 Å². The van der Waals surface area contributed by atoms with Crippen molar-refractivity contribution in [3.63, 3.8) is 0 Å². The largest absolute Gasteiger partial charge is 0.352 e. The molecule has 4 nitrogen and oxygen atoms in total. The maximum atomic E-state index is 12.5. The standard InChI is InChI=1S/C21H23ClN2O2/c1-2-11-23-21(26)18-10-9-17(13-19(18)22)24-20(25)16-8-7-14-5-3-4-6-15(14)12-16/h7-10,12-13H,2-6,11H2,1H3,(H,23,26)(H,24,25). The molecule has 0 spiro atoms. The summed E-state index contributed by atoms with van der Waals surface area (Å²) in [6, 6.07) is 10.8. The van der Waals surface area contributed by atoms with Gasteiger partial charge in [-0.3, -0.25) is 9.59 Å². The molecule has 1 aliphatic carbocycles. The molecule has 0 radical (unpaired) electrons. The van der Waals surface area contributed by atoms with Gasteiger partial charge in [0, 0.05) is 17.8 Å². The van der Waals surface area contributed by atoms with Crippen LogP contribution in [0, 0.1) is 0 Å². The maximum Gasteiger partial charge on any atom is 0.255 e. The van der Waals surface area contributed by atoms with Crippen molar-refractivity contribution in [1.29, 1.82) is 0 Å². The summed E-state index contributed by atoms with van der Waals surface area (Å²) in [5.74, 6) is -0.373. The van der Waals surface area contributed by atoms with Gasteiger partial charge in [0.05, 0.1) is 10.6 Å². The van der Waals surface area contributed by atoms with Gasteiger partial charge in [0.15, 0.2) is 0 Å². The third kappa shape index (κ3) is 4.25. The lowest BCUT2D eigenvalue weighted by Gasteiger charge is -2.16. The van der Waals surface area contributed by atoms with Crippen molar-refractivity contribution in [3.8, 4) is 0 Å². The van der Waals surface area contributed by atoms with E-state index in [-0.39, 0.29) is 11.8 Å². The van der Waals surface area contributed by atoms with Crippen LogP contribution in [0.25, 0.3) is 0 Å². The zero-order chi connectivity index (χ0) is 18.5. The van der Waals surface area contributed by atoms with Gasteiger partial charge < -0.3 is 10.6 Å². The molecule has 0 saturated carbocycles. The number of fused-ring (bicyclic) bond motifs is 1. The minimum absolute atomic E-state index is 0.169. The highest BCUT2D eigenvalue weighted by Crippen LogP contribution is 2.24. The summed E-state index contributed by atoms with van der Waals surface area (Å²) in [6.45, 7) is 2.59. The van der Waals surface area contributed by atoms with Gasteiger partial charge in [-0.05, 0) is 73.6 Å². The van der Waals surface area contributed by atoms with Gasteiger partial charge in [0.2, 0.25) is 0 Å². The molecule has 5 heteroatoms. The van der Waals surface area contributed by atoms with Crippen molar-refractivity contribution in [2.45, 2.75) is 39.0 Å². The minimum Gasteiger partial charge on any atom is -0.352 e. The molecule has 0 saturated heterocycles. The lowest BCUT2D eigenvalue weighted by atomic mass is 9.90. The average Bonchev–Trinajstić information content (AvgIpc) is 2.65. The Bertz CT molecular complexity index is 833. The molecule has 1 aliphatic rings. The molecular weight excluding hydrogens is 348 g/mol. The van der Waals surface area contributed by atoms with Gasteiger partial charge in [-0.2, -0.15) is 0 Å². The van der Waals surface area contributed by atoms with Crippen LogP contribution in [-0.4, -0.2) is 18.4 Å². The highest BCUT2D eigenvalue weighted by Gasteiger charge is 2.14. The number of rotatable bonds is 5. The van der Waals surface area contributed by atoms with E-state index < -0.39 is 0 Å². The van der Waals surface area contributed by atoms with E-state index in [1.807, 2.05) is 19.1 Å². The molecule has 2 aromatic rings. The third-order valence-electron chi connectivity index (χ3n) is 4.62. The quantitative estimate of drug-likeness (QED) is 0.807. The van der Waals surface area contributed by atoms with E-state index in [9.17, 15) is 9.59 Å². The molecule has 0 unspecified atom stereocenters. The third-order valence-corrected chi connectivity index (χ3v) is 4.93. The number of aryl methyl sites for hydroxylation is 2. The van der Waals surface area contributed by atoms with E-state index in [1.54, 1.807) is 18.2 Å². The van der Waals surface area contributed by atoms with E-state index in [2.05, 4.69) is 16.7 Å². The van der Waals surface area contributed by atoms with Crippen molar-refractivity contribution in [2.75, 3.05) is 11.9 Å². The number of carbonyl (C=O) groups excluding carboxylic acids is 2. The summed E-state index contributed by atoms with van der Waals surface area (Å²) in [5.41, 5.74) is 4.24. The lowest BCUT2D eigenvalue weighted by molar-refractivity contribution is 0.0953. The second-order valence-electron chi connectivity index (χ2n) is 6.60. The zero-order valence-corrected chi connectivity index (χ0v) is 15.7. The summed E-state index contributed by atoms with van der Waals surface area (Å²) in [4.78, 5) is 24.6. The van der Waals surface area contributed by atoms with Gasteiger partial charge in [-0.25, -0.2) is 0 Å². The molecule has 2 N–H and O–H groups in total. The number of carbonyl (C=O) groups is 2. The summed E-state index contributed by atoms with van der Waals surface area (Å²) >= 11 is 6.22. The van der Waals surface area contributed by atoms with E-state index in [1.165, 1.54) is 24.0 Å². The highest BCUT2D eigenvalue weighted by molar-refractivity contribution is 6.34. The zero-order valence-electron chi connectivity index (χ0n) is 14.9. The summed E-state index contributed by atoms with van der Waals surface area (Å²) in [7, 11) is 0. The number of amides is 2. The molecule has 26 heavy (non-hydrogen) atoms. The Morgan fingerprint density at radius 2 is 1.77 bits per heavy atom. The Hall–Kier alpha value is -2.33. The Morgan fingerprint density at radius 3 is 2.50 bits per heavy atom. The van der Waals surface area contributed by atoms with Crippen molar-refractivity contribution in [3.05, 3.63) is 63.7 Å². The smallest absolute Gasteiger partial charge is 0.255 e. The van der Waals surface area contributed by atoms with Crippen LogP contribution in [0.5, 0.6) is 0 Å². The van der Waals surface area contributed by atoms with Gasteiger partial charge in [0.25, 0.3) is 11.8 Å². The first kappa shape index (κ1) is 18.5. The second-order valence-corrected chi connectivity index (χ2v) is 7.00. The first-order valence-corrected chi connectivity index (χ1v) is 9.47. The molecule has 0 bridgehead atoms. The van der Waals surface area contributed by atoms with E-state index >= 15 is 0 Å². The SMILES string of the molecule is CCCNC(=O)c1ccc(NC(=O)c2ccc3c(c2)CCCC3)cc1Cl. The second kappa shape index (κ2) is 8.37. The van der Waals surface area contributed by atoms with Gasteiger partial charge in [-0.1, -0.05) is 24.6 Å². The van der Waals surface area contributed by atoms with E-state index in [4.69, 9.17) is 11.6 Å². The number of hydrogen-bond donors (Lipinski definition) is 2. The monoisotopic (exact) mass is 370 g/mol. The Balaban J connectivity index is 1.71. The summed E-state index contributed by atoms with van der Waals surface area (Å²) in [6.07, 6.45) is 5.38. The van der Waals surface area contributed by atoms with Gasteiger partial charge in [-0.15, -0.1) is 0 Å². The molecule has 0 atom stereocenters. The van der Waals surface area contributed by atoms with Crippen molar-refractivity contribution >= 4 is 29.1 Å². The van der Waals surface area contributed by atoms with Gasteiger partial charge in [0.1, 0.15) is 0 Å². The Labute approximate surface area is 158 Å². The fraction of sp³-hybridized carbons (Fsp3) is 0.333. The molecular formula is C21H23ClN2O2. The Morgan fingerprint density at radius 1 is 1.00 bits per heavy atom. The van der Waals surface area contributed by atoms with Crippen LogP contribution in [0.15, 0.2) is 36.4 Å². The molecule has 0 fully saturated rings. The predicted octanol–water partition coefficient (Wildman–Crippen LogP) is 4.61.